The molecule has 270 valence electrons. The summed E-state index contributed by atoms with van der Waals surface area (Å²) in [7, 11) is 0. The highest BCUT2D eigenvalue weighted by molar-refractivity contribution is 5.70. The van der Waals surface area contributed by atoms with Crippen LogP contribution in [0.4, 0.5) is 0 Å². The average molecular weight is 647 g/mol. The van der Waals surface area contributed by atoms with Gasteiger partial charge in [-0.25, -0.2) is 0 Å². The molecule has 0 amide bonds. The summed E-state index contributed by atoms with van der Waals surface area (Å²) < 4.78 is 11.2. The minimum absolute atomic E-state index is 0.146. The summed E-state index contributed by atoms with van der Waals surface area (Å²) in [5.74, 6) is -0.306. The number of carbonyl (C=O) groups excluding carboxylic acids is 2. The monoisotopic (exact) mass is 647 g/mol. The van der Waals surface area contributed by atoms with Crippen LogP contribution in [0.15, 0.2) is 24.3 Å². The van der Waals surface area contributed by atoms with Crippen molar-refractivity contribution < 1.29 is 19.1 Å². The molecular formula is C42H78O4. The van der Waals surface area contributed by atoms with Crippen molar-refractivity contribution in [2.75, 3.05) is 6.61 Å². The number of ether oxygens (including phenoxy) is 2. The normalized spacial score (nSPS) is 12.3. The van der Waals surface area contributed by atoms with Gasteiger partial charge in [0, 0.05) is 12.8 Å². The van der Waals surface area contributed by atoms with Gasteiger partial charge in [-0.15, -0.1) is 0 Å². The number of carbonyl (C=O) groups is 2. The van der Waals surface area contributed by atoms with Gasteiger partial charge in [-0.2, -0.15) is 0 Å². The molecule has 0 aliphatic carbocycles. The van der Waals surface area contributed by atoms with Gasteiger partial charge in [0.1, 0.15) is 12.7 Å². The fourth-order valence-corrected chi connectivity index (χ4v) is 5.79. The number of unbranched alkanes of at least 4 members (excludes halogenated alkanes) is 23. The van der Waals surface area contributed by atoms with Crippen LogP contribution in [0.5, 0.6) is 0 Å². The van der Waals surface area contributed by atoms with Crippen LogP contribution in [0.2, 0.25) is 0 Å². The Hall–Kier alpha value is -1.58. The van der Waals surface area contributed by atoms with Gasteiger partial charge >= 0.3 is 11.9 Å². The van der Waals surface area contributed by atoms with Gasteiger partial charge in [0.25, 0.3) is 0 Å². The summed E-state index contributed by atoms with van der Waals surface area (Å²) in [6, 6.07) is 0. The Morgan fingerprint density at radius 2 is 0.783 bits per heavy atom. The van der Waals surface area contributed by atoms with E-state index >= 15 is 0 Å². The van der Waals surface area contributed by atoms with Crippen LogP contribution < -0.4 is 0 Å². The van der Waals surface area contributed by atoms with E-state index in [1.807, 2.05) is 0 Å². The molecule has 0 fully saturated rings. The van der Waals surface area contributed by atoms with Crippen LogP contribution >= 0.6 is 0 Å². The highest BCUT2D eigenvalue weighted by Gasteiger charge is 2.16. The first-order valence-electron chi connectivity index (χ1n) is 20.3. The topological polar surface area (TPSA) is 52.6 Å². The molecule has 0 heterocycles. The van der Waals surface area contributed by atoms with E-state index in [0.717, 1.165) is 44.9 Å². The Balaban J connectivity index is 3.77. The molecule has 0 aliphatic heterocycles. The van der Waals surface area contributed by atoms with Crippen molar-refractivity contribution in [1.29, 1.82) is 0 Å². The Morgan fingerprint density at radius 3 is 1.20 bits per heavy atom. The third kappa shape index (κ3) is 35.3. The molecule has 0 aromatic carbocycles. The number of rotatable bonds is 36. The second kappa shape index (κ2) is 37.9. The quantitative estimate of drug-likeness (QED) is 0.0386. The van der Waals surface area contributed by atoms with Crippen molar-refractivity contribution in [3.05, 3.63) is 24.3 Å². The zero-order valence-corrected chi connectivity index (χ0v) is 31.1. The second-order valence-corrected chi connectivity index (χ2v) is 13.6. The lowest BCUT2D eigenvalue weighted by molar-refractivity contribution is -0.159. The maximum atomic E-state index is 12.4. The van der Waals surface area contributed by atoms with Crippen LogP contribution in [0.3, 0.4) is 0 Å². The molecule has 1 atom stereocenters. The molecule has 0 spiro atoms. The third-order valence-electron chi connectivity index (χ3n) is 8.89. The van der Waals surface area contributed by atoms with Gasteiger partial charge in [-0.1, -0.05) is 154 Å². The van der Waals surface area contributed by atoms with Crippen LogP contribution in [-0.2, 0) is 19.1 Å². The van der Waals surface area contributed by atoms with E-state index < -0.39 is 0 Å². The largest absolute Gasteiger partial charge is 0.462 e. The first-order valence-corrected chi connectivity index (χ1v) is 20.3. The minimum Gasteiger partial charge on any atom is -0.462 e. The molecule has 0 radical (unpaired) electrons. The summed E-state index contributed by atoms with van der Waals surface area (Å²) in [5.41, 5.74) is 0. The lowest BCUT2D eigenvalue weighted by Gasteiger charge is -2.18. The first kappa shape index (κ1) is 44.4. The van der Waals surface area contributed by atoms with E-state index in [4.69, 9.17) is 9.47 Å². The Bertz CT molecular complexity index is 698. The molecule has 0 rings (SSSR count). The van der Waals surface area contributed by atoms with Gasteiger partial charge in [0.05, 0.1) is 0 Å². The molecule has 0 aliphatic rings. The number of hydrogen-bond donors (Lipinski definition) is 0. The van der Waals surface area contributed by atoms with E-state index in [0.29, 0.717) is 12.8 Å². The van der Waals surface area contributed by atoms with Crippen molar-refractivity contribution in [2.45, 2.75) is 226 Å². The van der Waals surface area contributed by atoms with Crippen LogP contribution in [-0.4, -0.2) is 24.6 Å². The summed E-state index contributed by atoms with van der Waals surface area (Å²) in [4.78, 5) is 24.7. The summed E-state index contributed by atoms with van der Waals surface area (Å²) in [6.07, 6.45) is 45.1. The van der Waals surface area contributed by atoms with E-state index in [9.17, 15) is 9.59 Å². The summed E-state index contributed by atoms with van der Waals surface area (Å²) in [5, 5.41) is 0. The average Bonchev–Trinajstić information content (AvgIpc) is 3.05. The lowest BCUT2D eigenvalue weighted by atomic mass is 10.1. The molecule has 4 heteroatoms. The molecule has 0 bridgehead atoms. The lowest BCUT2D eigenvalue weighted by Crippen LogP contribution is -2.25. The van der Waals surface area contributed by atoms with Crippen molar-refractivity contribution in [2.24, 2.45) is 0 Å². The Kier molecular flexibility index (Phi) is 36.6. The van der Waals surface area contributed by atoms with Crippen LogP contribution in [0, 0.1) is 0 Å². The smallest absolute Gasteiger partial charge is 0.306 e. The highest BCUT2D eigenvalue weighted by atomic mass is 16.6. The van der Waals surface area contributed by atoms with Gasteiger partial charge in [-0.3, -0.25) is 9.59 Å². The maximum absolute atomic E-state index is 12.4. The third-order valence-corrected chi connectivity index (χ3v) is 8.89. The molecule has 0 aromatic rings. The van der Waals surface area contributed by atoms with Gasteiger partial charge < -0.3 is 9.47 Å². The SMILES string of the molecule is CCCCCCCCC=CCCCCCCCC(=O)OCC(CCCC)OC(=O)CCCCCCCC=CCCCCCCCC. The zero-order chi connectivity index (χ0) is 33.6. The molecule has 4 nitrogen and oxygen atoms in total. The van der Waals surface area contributed by atoms with E-state index in [-0.39, 0.29) is 24.6 Å². The van der Waals surface area contributed by atoms with Crippen molar-refractivity contribution >= 4 is 11.9 Å². The predicted octanol–water partition coefficient (Wildman–Crippen LogP) is 13.7. The van der Waals surface area contributed by atoms with E-state index in [1.54, 1.807) is 0 Å². The summed E-state index contributed by atoms with van der Waals surface area (Å²) >= 11 is 0. The molecule has 0 saturated carbocycles. The predicted molar refractivity (Wildman–Crippen MR) is 199 cm³/mol. The molecule has 46 heavy (non-hydrogen) atoms. The molecule has 1 unspecified atom stereocenters. The minimum atomic E-state index is -0.311. The molecule has 0 N–H and O–H groups in total. The summed E-state index contributed by atoms with van der Waals surface area (Å²) in [6.45, 7) is 6.86. The Morgan fingerprint density at radius 1 is 0.435 bits per heavy atom. The van der Waals surface area contributed by atoms with Crippen molar-refractivity contribution in [1.82, 2.24) is 0 Å². The Labute approximate surface area is 287 Å². The maximum Gasteiger partial charge on any atom is 0.306 e. The fourth-order valence-electron chi connectivity index (χ4n) is 5.79. The van der Waals surface area contributed by atoms with Crippen LogP contribution in [0.1, 0.15) is 220 Å². The van der Waals surface area contributed by atoms with Gasteiger partial charge in [0.15, 0.2) is 0 Å². The van der Waals surface area contributed by atoms with Crippen molar-refractivity contribution in [3.63, 3.8) is 0 Å². The number of hydrogen-bond acceptors (Lipinski definition) is 4. The first-order chi connectivity index (χ1) is 22.6. The van der Waals surface area contributed by atoms with Gasteiger partial charge in [0.2, 0.25) is 0 Å². The van der Waals surface area contributed by atoms with Crippen LogP contribution in [0.25, 0.3) is 0 Å². The highest BCUT2D eigenvalue weighted by Crippen LogP contribution is 2.14. The van der Waals surface area contributed by atoms with Gasteiger partial charge in [-0.05, 0) is 77.0 Å². The fraction of sp³-hybridized carbons (Fsp3) is 0.857. The van der Waals surface area contributed by atoms with Crippen molar-refractivity contribution in [3.8, 4) is 0 Å². The standard InChI is InChI=1S/C42H78O4/c1-4-7-10-12-14-16-18-20-22-24-26-28-30-32-34-37-41(43)45-39-40(36-9-6-3)46-42(44)38-35-33-31-29-27-25-23-21-19-17-15-13-11-8-5-2/h20-23,40H,4-19,24-39H2,1-3H3. The molecule has 0 aromatic heterocycles. The second-order valence-electron chi connectivity index (χ2n) is 13.6. The zero-order valence-electron chi connectivity index (χ0n) is 31.1. The van der Waals surface area contributed by atoms with E-state index in [1.165, 1.54) is 141 Å². The number of allylic oxidation sites excluding steroid dienone is 4. The number of esters is 2. The molecule has 0 saturated heterocycles. The van der Waals surface area contributed by atoms with E-state index in [2.05, 4.69) is 45.1 Å². The molecular weight excluding hydrogens is 568 g/mol.